The summed E-state index contributed by atoms with van der Waals surface area (Å²) in [6.45, 7) is 6.58. The summed E-state index contributed by atoms with van der Waals surface area (Å²) in [5, 5.41) is 0. The molecule has 1 aliphatic rings. The molecular formula is C15H21BrClNO2S. The predicted molar refractivity (Wildman–Crippen MR) is 90.2 cm³/mol. The first-order valence-corrected chi connectivity index (χ1v) is 9.92. The topological polar surface area (TPSA) is 37.4 Å². The normalized spacial score (nSPS) is 24.2. The highest BCUT2D eigenvalue weighted by Gasteiger charge is 2.35. The van der Waals surface area contributed by atoms with Gasteiger partial charge in [-0.3, -0.25) is 0 Å². The van der Waals surface area contributed by atoms with E-state index in [1.807, 2.05) is 19.9 Å². The molecule has 1 aromatic carbocycles. The fourth-order valence-corrected chi connectivity index (χ4v) is 5.79. The summed E-state index contributed by atoms with van der Waals surface area (Å²) >= 11 is 9.32. The van der Waals surface area contributed by atoms with Crippen LogP contribution >= 0.6 is 27.5 Å². The summed E-state index contributed by atoms with van der Waals surface area (Å²) in [7, 11) is -3.50. The molecule has 0 amide bonds. The SMILES string of the molecule is Cc1cc(CCl)cc(S(=O)(=O)N2CCCC(C)C2C)c1Br. The minimum absolute atomic E-state index is 0.0237. The number of alkyl halides is 1. The van der Waals surface area contributed by atoms with Crippen molar-refractivity contribution in [3.05, 3.63) is 27.7 Å². The first-order chi connectivity index (χ1) is 9.78. The summed E-state index contributed by atoms with van der Waals surface area (Å²) in [6, 6.07) is 3.62. The van der Waals surface area contributed by atoms with Crippen LogP contribution < -0.4 is 0 Å². The number of benzene rings is 1. The highest BCUT2D eigenvalue weighted by molar-refractivity contribution is 9.10. The maximum atomic E-state index is 13.0. The fourth-order valence-electron chi connectivity index (χ4n) is 2.84. The van der Waals surface area contributed by atoms with E-state index in [9.17, 15) is 8.42 Å². The average Bonchev–Trinajstić information content (AvgIpc) is 2.44. The highest BCUT2D eigenvalue weighted by Crippen LogP contribution is 2.34. The molecule has 21 heavy (non-hydrogen) atoms. The minimum Gasteiger partial charge on any atom is -0.207 e. The molecule has 1 fully saturated rings. The molecule has 118 valence electrons. The van der Waals surface area contributed by atoms with E-state index in [0.717, 1.165) is 24.0 Å². The Bertz CT molecular complexity index is 633. The Hall–Kier alpha value is -0.100. The minimum atomic E-state index is -3.50. The molecule has 0 saturated carbocycles. The number of nitrogens with zero attached hydrogens (tertiary/aromatic N) is 1. The third-order valence-corrected chi connectivity index (χ3v) is 7.97. The van der Waals surface area contributed by atoms with Crippen molar-refractivity contribution < 1.29 is 8.42 Å². The van der Waals surface area contributed by atoms with Crippen LogP contribution in [0, 0.1) is 12.8 Å². The lowest BCUT2D eigenvalue weighted by Crippen LogP contribution is -2.46. The Morgan fingerprint density at radius 1 is 1.38 bits per heavy atom. The van der Waals surface area contributed by atoms with Gasteiger partial charge in [-0.15, -0.1) is 11.6 Å². The average molecular weight is 395 g/mol. The van der Waals surface area contributed by atoms with Crippen LogP contribution in [-0.2, 0) is 15.9 Å². The second-order valence-corrected chi connectivity index (χ2v) is 8.75. The number of sulfonamides is 1. The van der Waals surface area contributed by atoms with Crippen LogP contribution in [0.3, 0.4) is 0 Å². The lowest BCUT2D eigenvalue weighted by Gasteiger charge is -2.37. The van der Waals surface area contributed by atoms with E-state index >= 15 is 0 Å². The molecule has 0 N–H and O–H groups in total. The summed E-state index contributed by atoms with van der Waals surface area (Å²) in [6.07, 6.45) is 1.99. The zero-order valence-electron chi connectivity index (χ0n) is 12.6. The fraction of sp³-hybridized carbons (Fsp3) is 0.600. The van der Waals surface area contributed by atoms with Crippen LogP contribution in [0.5, 0.6) is 0 Å². The van der Waals surface area contributed by atoms with E-state index < -0.39 is 10.0 Å². The molecule has 1 aliphatic heterocycles. The van der Waals surface area contributed by atoms with Gasteiger partial charge in [0.2, 0.25) is 10.0 Å². The van der Waals surface area contributed by atoms with Gasteiger partial charge in [-0.25, -0.2) is 8.42 Å². The van der Waals surface area contributed by atoms with Gasteiger partial charge in [0.25, 0.3) is 0 Å². The molecule has 2 unspecified atom stereocenters. The van der Waals surface area contributed by atoms with Gasteiger partial charge < -0.3 is 0 Å². The molecule has 1 saturated heterocycles. The standard InChI is InChI=1S/C15H21BrClNO2S/c1-10-5-4-6-18(12(10)3)21(19,20)14-8-13(9-17)7-11(2)15(14)16/h7-8,10,12H,4-6,9H2,1-3H3. The van der Waals surface area contributed by atoms with E-state index in [0.29, 0.717) is 27.7 Å². The maximum Gasteiger partial charge on any atom is 0.244 e. The first-order valence-electron chi connectivity index (χ1n) is 7.16. The van der Waals surface area contributed by atoms with Gasteiger partial charge in [-0.05, 0) is 65.7 Å². The smallest absolute Gasteiger partial charge is 0.207 e. The van der Waals surface area contributed by atoms with Gasteiger partial charge in [0.1, 0.15) is 0 Å². The Morgan fingerprint density at radius 2 is 2.05 bits per heavy atom. The molecule has 2 atom stereocenters. The van der Waals surface area contributed by atoms with Crippen LogP contribution in [-0.4, -0.2) is 25.3 Å². The Labute approximate surface area is 140 Å². The van der Waals surface area contributed by atoms with Crippen molar-refractivity contribution in [3.8, 4) is 0 Å². The molecule has 0 radical (unpaired) electrons. The van der Waals surface area contributed by atoms with Crippen molar-refractivity contribution in [2.24, 2.45) is 5.92 Å². The number of halogens is 2. The van der Waals surface area contributed by atoms with Crippen molar-refractivity contribution in [1.82, 2.24) is 4.31 Å². The van der Waals surface area contributed by atoms with Crippen molar-refractivity contribution in [1.29, 1.82) is 0 Å². The number of aryl methyl sites for hydroxylation is 1. The summed E-state index contributed by atoms with van der Waals surface area (Å²) in [5.41, 5.74) is 1.72. The van der Waals surface area contributed by atoms with Crippen LogP contribution in [0.2, 0.25) is 0 Å². The van der Waals surface area contributed by atoms with Crippen LogP contribution in [0.25, 0.3) is 0 Å². The van der Waals surface area contributed by atoms with Crippen LogP contribution in [0.15, 0.2) is 21.5 Å². The van der Waals surface area contributed by atoms with E-state index in [2.05, 4.69) is 22.9 Å². The van der Waals surface area contributed by atoms with Crippen molar-refractivity contribution in [3.63, 3.8) is 0 Å². The predicted octanol–water partition coefficient (Wildman–Crippen LogP) is 4.31. The zero-order chi connectivity index (χ0) is 15.8. The van der Waals surface area contributed by atoms with E-state index in [4.69, 9.17) is 11.6 Å². The third kappa shape index (κ3) is 3.31. The van der Waals surface area contributed by atoms with Gasteiger partial charge in [0.05, 0.1) is 4.90 Å². The number of rotatable bonds is 3. The molecule has 2 rings (SSSR count). The van der Waals surface area contributed by atoms with Crippen LogP contribution in [0.1, 0.15) is 37.8 Å². The molecule has 6 heteroatoms. The van der Waals surface area contributed by atoms with Gasteiger partial charge >= 0.3 is 0 Å². The van der Waals surface area contributed by atoms with E-state index in [1.165, 1.54) is 0 Å². The second-order valence-electron chi connectivity index (χ2n) is 5.83. The van der Waals surface area contributed by atoms with Gasteiger partial charge in [0, 0.05) is 22.9 Å². The highest BCUT2D eigenvalue weighted by atomic mass is 79.9. The monoisotopic (exact) mass is 393 g/mol. The van der Waals surface area contributed by atoms with Crippen molar-refractivity contribution in [2.75, 3.05) is 6.54 Å². The van der Waals surface area contributed by atoms with Gasteiger partial charge in [-0.2, -0.15) is 4.31 Å². The quantitative estimate of drug-likeness (QED) is 0.717. The molecular weight excluding hydrogens is 374 g/mol. The Morgan fingerprint density at radius 3 is 2.67 bits per heavy atom. The lowest BCUT2D eigenvalue weighted by molar-refractivity contribution is 0.202. The largest absolute Gasteiger partial charge is 0.244 e. The zero-order valence-corrected chi connectivity index (χ0v) is 15.7. The van der Waals surface area contributed by atoms with Gasteiger partial charge in [-0.1, -0.05) is 13.0 Å². The lowest BCUT2D eigenvalue weighted by atomic mass is 9.94. The molecule has 0 aromatic heterocycles. The maximum absolute atomic E-state index is 13.0. The summed E-state index contributed by atoms with van der Waals surface area (Å²) in [4.78, 5) is 0.332. The number of piperidine rings is 1. The molecule has 0 aliphatic carbocycles. The molecule has 0 spiro atoms. The molecule has 1 heterocycles. The summed E-state index contributed by atoms with van der Waals surface area (Å²) in [5.74, 6) is 0.687. The third-order valence-electron chi connectivity index (χ3n) is 4.34. The van der Waals surface area contributed by atoms with E-state index in [-0.39, 0.29) is 6.04 Å². The van der Waals surface area contributed by atoms with Crippen molar-refractivity contribution >= 4 is 37.6 Å². The molecule has 3 nitrogen and oxygen atoms in total. The Kier molecular flexibility index (Phi) is 5.40. The second kappa shape index (κ2) is 6.57. The van der Waals surface area contributed by atoms with Crippen LogP contribution in [0.4, 0.5) is 0 Å². The van der Waals surface area contributed by atoms with Crippen molar-refractivity contribution in [2.45, 2.75) is 50.4 Å². The summed E-state index contributed by atoms with van der Waals surface area (Å²) < 4.78 is 28.4. The number of hydrogen-bond acceptors (Lipinski definition) is 2. The number of hydrogen-bond donors (Lipinski definition) is 0. The molecule has 1 aromatic rings. The van der Waals surface area contributed by atoms with E-state index in [1.54, 1.807) is 10.4 Å². The molecule has 0 bridgehead atoms. The Balaban J connectivity index is 2.51. The van der Waals surface area contributed by atoms with Gasteiger partial charge in [0.15, 0.2) is 0 Å². The first kappa shape index (κ1) is 17.3.